The number of hydrogen-bond acceptors (Lipinski definition) is 6. The summed E-state index contributed by atoms with van der Waals surface area (Å²) in [7, 11) is 0. The van der Waals surface area contributed by atoms with Crippen molar-refractivity contribution in [2.45, 2.75) is 0 Å². The fourth-order valence-electron chi connectivity index (χ4n) is 2.18. The number of anilines is 2. The third-order valence-corrected chi connectivity index (χ3v) is 3.08. The lowest BCUT2D eigenvalue weighted by molar-refractivity contribution is 0.122. The van der Waals surface area contributed by atoms with Crippen LogP contribution < -0.4 is 10.4 Å². The predicted octanol–water partition coefficient (Wildman–Crippen LogP) is 1.27. The molecule has 1 aromatic carbocycles. The van der Waals surface area contributed by atoms with Gasteiger partial charge in [0.15, 0.2) is 11.6 Å². The molecule has 0 aliphatic carbocycles. The van der Waals surface area contributed by atoms with Crippen LogP contribution >= 0.6 is 0 Å². The molecular weight excluding hydrogens is 232 g/mol. The third-order valence-electron chi connectivity index (χ3n) is 3.08. The van der Waals surface area contributed by atoms with Crippen LogP contribution in [0.25, 0.3) is 10.8 Å². The molecule has 6 nitrogen and oxygen atoms in total. The average Bonchev–Trinajstić information content (AvgIpc) is 2.47. The quantitative estimate of drug-likeness (QED) is 0.778. The Labute approximate surface area is 104 Å². The molecule has 1 fully saturated rings. The number of hydrogen-bond donors (Lipinski definition) is 2. The van der Waals surface area contributed by atoms with Gasteiger partial charge in [0.25, 0.3) is 0 Å². The van der Waals surface area contributed by atoms with Crippen molar-refractivity contribution >= 4 is 22.4 Å². The summed E-state index contributed by atoms with van der Waals surface area (Å²) in [5.74, 6) is 1.22. The van der Waals surface area contributed by atoms with Crippen molar-refractivity contribution in [1.29, 1.82) is 0 Å². The van der Waals surface area contributed by atoms with Crippen LogP contribution in [-0.2, 0) is 4.74 Å². The van der Waals surface area contributed by atoms with Crippen LogP contribution in [0.3, 0.4) is 0 Å². The summed E-state index contributed by atoms with van der Waals surface area (Å²) < 4.78 is 5.34. The number of rotatable bonds is 2. The van der Waals surface area contributed by atoms with Gasteiger partial charge < -0.3 is 9.64 Å². The van der Waals surface area contributed by atoms with Gasteiger partial charge in [-0.2, -0.15) is 0 Å². The van der Waals surface area contributed by atoms with Crippen molar-refractivity contribution in [3.8, 4) is 0 Å². The van der Waals surface area contributed by atoms with Gasteiger partial charge in [-0.3, -0.25) is 10.7 Å². The molecule has 2 aromatic rings. The molecule has 1 aliphatic rings. The highest BCUT2D eigenvalue weighted by Gasteiger charge is 2.17. The van der Waals surface area contributed by atoms with Crippen molar-refractivity contribution in [2.24, 2.45) is 0 Å². The zero-order valence-electron chi connectivity index (χ0n) is 9.83. The fraction of sp³-hybridized carbons (Fsp3) is 0.333. The molecule has 1 aromatic heterocycles. The number of benzene rings is 1. The molecule has 0 radical (unpaired) electrons. The Morgan fingerprint density at radius 3 is 2.56 bits per heavy atom. The summed E-state index contributed by atoms with van der Waals surface area (Å²) in [4.78, 5) is 2.15. The van der Waals surface area contributed by atoms with Gasteiger partial charge in [0, 0.05) is 23.9 Å². The Balaban J connectivity index is 2.12. The number of fused-ring (bicyclic) bond motifs is 1. The molecule has 0 bridgehead atoms. The van der Waals surface area contributed by atoms with E-state index >= 15 is 0 Å². The van der Waals surface area contributed by atoms with Gasteiger partial charge >= 0.3 is 0 Å². The molecule has 2 N–H and O–H groups in total. The maximum Gasteiger partial charge on any atom is 0.180 e. The Bertz CT molecular complexity index is 555. The van der Waals surface area contributed by atoms with E-state index in [0.29, 0.717) is 19.0 Å². The number of ether oxygens (including phenoxy) is 1. The highest BCUT2D eigenvalue weighted by atomic mass is 16.5. The van der Waals surface area contributed by atoms with Crippen molar-refractivity contribution in [3.05, 3.63) is 24.3 Å². The van der Waals surface area contributed by atoms with Gasteiger partial charge in [0.05, 0.1) is 13.2 Å². The second-order valence-electron chi connectivity index (χ2n) is 4.13. The monoisotopic (exact) mass is 246 g/mol. The smallest absolute Gasteiger partial charge is 0.180 e. The normalized spacial score (nSPS) is 15.9. The molecule has 0 spiro atoms. The summed E-state index contributed by atoms with van der Waals surface area (Å²) in [6, 6.07) is 7.76. The van der Waals surface area contributed by atoms with E-state index in [1.807, 2.05) is 24.3 Å². The minimum absolute atomic E-state index is 0.377. The number of nitrogens with one attached hydrogen (secondary N) is 1. The lowest BCUT2D eigenvalue weighted by atomic mass is 10.1. The van der Waals surface area contributed by atoms with Gasteiger partial charge in [-0.15, -0.1) is 10.2 Å². The van der Waals surface area contributed by atoms with Gasteiger partial charge in [-0.05, 0) is 0 Å². The Morgan fingerprint density at radius 1 is 1.11 bits per heavy atom. The van der Waals surface area contributed by atoms with Crippen LogP contribution in [-0.4, -0.2) is 41.7 Å². The van der Waals surface area contributed by atoms with E-state index in [2.05, 4.69) is 20.6 Å². The van der Waals surface area contributed by atoms with Crippen LogP contribution in [0.4, 0.5) is 11.6 Å². The molecule has 0 amide bonds. The Morgan fingerprint density at radius 2 is 1.83 bits per heavy atom. The van der Waals surface area contributed by atoms with Gasteiger partial charge in [-0.1, -0.05) is 24.3 Å². The lowest BCUT2D eigenvalue weighted by Gasteiger charge is -2.28. The maximum atomic E-state index is 9.05. The Hall–Kier alpha value is -1.92. The lowest BCUT2D eigenvalue weighted by Crippen LogP contribution is -2.37. The van der Waals surface area contributed by atoms with Gasteiger partial charge in [-0.25, -0.2) is 0 Å². The van der Waals surface area contributed by atoms with E-state index in [4.69, 9.17) is 9.94 Å². The molecule has 0 saturated carbocycles. The van der Waals surface area contributed by atoms with E-state index in [9.17, 15) is 0 Å². The first-order valence-corrected chi connectivity index (χ1v) is 5.88. The van der Waals surface area contributed by atoms with Crippen LogP contribution in [0, 0.1) is 0 Å². The molecule has 2 heterocycles. The Kier molecular flexibility index (Phi) is 2.95. The van der Waals surface area contributed by atoms with Crippen molar-refractivity contribution < 1.29 is 9.94 Å². The first-order valence-electron chi connectivity index (χ1n) is 5.88. The molecule has 3 rings (SSSR count). The minimum Gasteiger partial charge on any atom is -0.378 e. The first-order chi connectivity index (χ1) is 8.90. The van der Waals surface area contributed by atoms with Crippen molar-refractivity contribution in [2.75, 3.05) is 36.7 Å². The van der Waals surface area contributed by atoms with E-state index in [0.717, 1.165) is 29.7 Å². The van der Waals surface area contributed by atoms with Crippen LogP contribution in [0.2, 0.25) is 0 Å². The van der Waals surface area contributed by atoms with E-state index < -0.39 is 0 Å². The fourth-order valence-corrected chi connectivity index (χ4v) is 2.18. The molecule has 0 atom stereocenters. The molecular formula is C12H14N4O2. The number of aromatic nitrogens is 2. The number of morpholine rings is 1. The SMILES string of the molecule is ONc1nnc(N2CCOCC2)c2ccccc12. The van der Waals surface area contributed by atoms with Crippen LogP contribution in [0.15, 0.2) is 24.3 Å². The summed E-state index contributed by atoms with van der Waals surface area (Å²) in [5, 5.41) is 19.1. The summed E-state index contributed by atoms with van der Waals surface area (Å²) in [6.45, 7) is 3.03. The molecule has 94 valence electrons. The topological polar surface area (TPSA) is 70.5 Å². The molecule has 1 aliphatic heterocycles. The third kappa shape index (κ3) is 1.85. The molecule has 6 heteroatoms. The van der Waals surface area contributed by atoms with Gasteiger partial charge in [0.1, 0.15) is 0 Å². The zero-order valence-corrected chi connectivity index (χ0v) is 9.83. The second kappa shape index (κ2) is 4.75. The summed E-state index contributed by atoms with van der Waals surface area (Å²) in [6.07, 6.45) is 0. The van der Waals surface area contributed by atoms with Crippen molar-refractivity contribution in [1.82, 2.24) is 10.2 Å². The standard InChI is InChI=1S/C12H14N4O2/c17-15-11-9-3-1-2-4-10(9)12(14-13-11)16-5-7-18-8-6-16/h1-4,17H,5-8H2,(H,13,15). The minimum atomic E-state index is 0.377. The summed E-state index contributed by atoms with van der Waals surface area (Å²) >= 11 is 0. The highest BCUT2D eigenvalue weighted by molar-refractivity contribution is 5.98. The van der Waals surface area contributed by atoms with Crippen LogP contribution in [0.1, 0.15) is 0 Å². The molecule has 0 unspecified atom stereocenters. The van der Waals surface area contributed by atoms with Gasteiger partial charge in [0.2, 0.25) is 0 Å². The molecule has 18 heavy (non-hydrogen) atoms. The maximum absolute atomic E-state index is 9.05. The van der Waals surface area contributed by atoms with E-state index in [1.165, 1.54) is 0 Å². The first kappa shape index (κ1) is 11.2. The van der Waals surface area contributed by atoms with Crippen molar-refractivity contribution in [3.63, 3.8) is 0 Å². The zero-order chi connectivity index (χ0) is 12.4. The highest BCUT2D eigenvalue weighted by Crippen LogP contribution is 2.28. The average molecular weight is 246 g/mol. The van der Waals surface area contributed by atoms with E-state index in [1.54, 1.807) is 0 Å². The largest absolute Gasteiger partial charge is 0.378 e. The molecule has 1 saturated heterocycles. The van der Waals surface area contributed by atoms with E-state index in [-0.39, 0.29) is 0 Å². The summed E-state index contributed by atoms with van der Waals surface area (Å²) in [5.41, 5.74) is 2.08. The predicted molar refractivity (Wildman–Crippen MR) is 68.0 cm³/mol. The van der Waals surface area contributed by atoms with Crippen LogP contribution in [0.5, 0.6) is 0 Å². The second-order valence-corrected chi connectivity index (χ2v) is 4.13. The number of nitrogens with zero attached hydrogens (tertiary/aromatic N) is 3.